The minimum atomic E-state index is -1.07. The molecule has 0 unspecified atom stereocenters. The first kappa shape index (κ1) is 22.3. The Hall–Kier alpha value is -4.01. The van der Waals surface area contributed by atoms with E-state index in [0.29, 0.717) is 16.9 Å². The monoisotopic (exact) mass is 412 g/mol. The van der Waals surface area contributed by atoms with Crippen LogP contribution in [0.5, 0.6) is 0 Å². The number of anilines is 2. The van der Waals surface area contributed by atoms with E-state index in [1.54, 1.807) is 24.3 Å². The summed E-state index contributed by atoms with van der Waals surface area (Å²) in [6.45, 7) is 0.938. The molecule has 2 amide bonds. The number of amides is 2. The first-order chi connectivity index (χ1) is 14.2. The Morgan fingerprint density at radius 2 is 1.27 bits per heavy atom. The SMILES string of the molecule is CC(=O)c1ccc(NC(=O)COC(=O)c2ccc(NC(=O)CCC(=O)O)cc2)cc1. The van der Waals surface area contributed by atoms with Gasteiger partial charge in [0.1, 0.15) is 0 Å². The van der Waals surface area contributed by atoms with Gasteiger partial charge < -0.3 is 20.5 Å². The summed E-state index contributed by atoms with van der Waals surface area (Å²) in [7, 11) is 0. The number of hydrogen-bond donors (Lipinski definition) is 3. The van der Waals surface area contributed by atoms with Crippen LogP contribution in [-0.4, -0.2) is 41.2 Å². The molecule has 30 heavy (non-hydrogen) atoms. The molecule has 9 nitrogen and oxygen atoms in total. The molecule has 0 spiro atoms. The van der Waals surface area contributed by atoms with Crippen LogP contribution >= 0.6 is 0 Å². The van der Waals surface area contributed by atoms with E-state index in [1.807, 2.05) is 0 Å². The lowest BCUT2D eigenvalue weighted by atomic mass is 10.1. The number of carboxylic acids is 1. The van der Waals surface area contributed by atoms with Gasteiger partial charge in [-0.3, -0.25) is 19.2 Å². The highest BCUT2D eigenvalue weighted by Crippen LogP contribution is 2.12. The summed E-state index contributed by atoms with van der Waals surface area (Å²) in [5.41, 5.74) is 1.55. The minimum Gasteiger partial charge on any atom is -0.481 e. The van der Waals surface area contributed by atoms with Gasteiger partial charge in [-0.1, -0.05) is 0 Å². The molecular weight excluding hydrogens is 392 g/mol. The van der Waals surface area contributed by atoms with E-state index >= 15 is 0 Å². The summed E-state index contributed by atoms with van der Waals surface area (Å²) in [6.07, 6.45) is -0.440. The lowest BCUT2D eigenvalue weighted by Gasteiger charge is -2.08. The molecule has 0 fully saturated rings. The van der Waals surface area contributed by atoms with E-state index in [4.69, 9.17) is 9.84 Å². The van der Waals surface area contributed by atoms with Crippen molar-refractivity contribution in [2.45, 2.75) is 19.8 Å². The first-order valence-electron chi connectivity index (χ1n) is 8.94. The smallest absolute Gasteiger partial charge is 0.338 e. The first-order valence-corrected chi connectivity index (χ1v) is 8.94. The van der Waals surface area contributed by atoms with Crippen molar-refractivity contribution >= 4 is 40.9 Å². The summed E-state index contributed by atoms with van der Waals surface area (Å²) >= 11 is 0. The fourth-order valence-corrected chi connectivity index (χ4v) is 2.33. The molecule has 9 heteroatoms. The molecule has 156 valence electrons. The van der Waals surface area contributed by atoms with Gasteiger partial charge in [0, 0.05) is 23.4 Å². The predicted octanol–water partition coefficient (Wildman–Crippen LogP) is 2.49. The van der Waals surface area contributed by atoms with Crippen LogP contribution in [0.2, 0.25) is 0 Å². The standard InChI is InChI=1S/C21H20N2O7/c1-13(24)14-2-6-17(7-3-14)23-19(26)12-30-21(29)15-4-8-16(9-5-15)22-18(25)10-11-20(27)28/h2-9H,10-12H2,1H3,(H,22,25)(H,23,26)(H,27,28). The Morgan fingerprint density at radius 1 is 0.767 bits per heavy atom. The molecule has 0 aliphatic carbocycles. The zero-order valence-electron chi connectivity index (χ0n) is 16.1. The summed E-state index contributed by atoms with van der Waals surface area (Å²) < 4.78 is 4.95. The number of carbonyl (C=O) groups excluding carboxylic acids is 4. The molecule has 0 atom stereocenters. The fraction of sp³-hybridized carbons (Fsp3) is 0.190. The second kappa shape index (κ2) is 10.5. The quantitative estimate of drug-likeness (QED) is 0.425. The van der Waals surface area contributed by atoms with Crippen LogP contribution in [0.3, 0.4) is 0 Å². The summed E-state index contributed by atoms with van der Waals surface area (Å²) in [5, 5.41) is 13.6. The van der Waals surface area contributed by atoms with Crippen LogP contribution in [0.25, 0.3) is 0 Å². The number of rotatable bonds is 9. The maximum Gasteiger partial charge on any atom is 0.338 e. The highest BCUT2D eigenvalue weighted by molar-refractivity contribution is 5.97. The van der Waals surface area contributed by atoms with E-state index in [9.17, 15) is 24.0 Å². The average molecular weight is 412 g/mol. The molecule has 2 aromatic carbocycles. The van der Waals surface area contributed by atoms with Gasteiger partial charge in [-0.2, -0.15) is 0 Å². The lowest BCUT2D eigenvalue weighted by Crippen LogP contribution is -2.21. The van der Waals surface area contributed by atoms with Crippen LogP contribution in [0.1, 0.15) is 40.5 Å². The number of nitrogens with one attached hydrogen (secondary N) is 2. The molecule has 0 saturated heterocycles. The van der Waals surface area contributed by atoms with Crippen LogP contribution in [-0.2, 0) is 19.1 Å². The number of aliphatic carboxylic acids is 1. The topological polar surface area (TPSA) is 139 Å². The number of benzene rings is 2. The van der Waals surface area contributed by atoms with Gasteiger partial charge in [0.2, 0.25) is 5.91 Å². The van der Waals surface area contributed by atoms with Gasteiger partial charge in [-0.25, -0.2) is 4.79 Å². The zero-order chi connectivity index (χ0) is 22.1. The molecule has 3 N–H and O–H groups in total. The molecule has 0 aliphatic heterocycles. The maximum atomic E-state index is 12.0. The van der Waals surface area contributed by atoms with Gasteiger partial charge in [0.05, 0.1) is 12.0 Å². The Labute approximate surface area is 172 Å². The minimum absolute atomic E-state index is 0.0901. The number of carbonyl (C=O) groups is 5. The van der Waals surface area contributed by atoms with Crippen LogP contribution < -0.4 is 10.6 Å². The third-order valence-electron chi connectivity index (χ3n) is 3.88. The Bertz CT molecular complexity index is 950. The third kappa shape index (κ3) is 7.19. The van der Waals surface area contributed by atoms with Crippen LogP contribution in [0.15, 0.2) is 48.5 Å². The number of hydrogen-bond acceptors (Lipinski definition) is 6. The van der Waals surface area contributed by atoms with Crippen molar-refractivity contribution in [3.63, 3.8) is 0 Å². The molecule has 2 aromatic rings. The van der Waals surface area contributed by atoms with Gasteiger partial charge in [-0.15, -0.1) is 0 Å². The summed E-state index contributed by atoms with van der Waals surface area (Å²) in [5.74, 6) is -2.88. The molecule has 0 bridgehead atoms. The molecule has 0 aliphatic rings. The van der Waals surface area contributed by atoms with Crippen molar-refractivity contribution in [2.75, 3.05) is 17.2 Å². The van der Waals surface area contributed by atoms with Gasteiger partial charge in [0.15, 0.2) is 12.4 Å². The van der Waals surface area contributed by atoms with E-state index in [1.165, 1.54) is 31.2 Å². The highest BCUT2D eigenvalue weighted by Gasteiger charge is 2.12. The average Bonchev–Trinajstić information content (AvgIpc) is 2.71. The highest BCUT2D eigenvalue weighted by atomic mass is 16.5. The van der Waals surface area contributed by atoms with E-state index in [2.05, 4.69) is 10.6 Å². The lowest BCUT2D eigenvalue weighted by molar-refractivity contribution is -0.138. The second-order valence-corrected chi connectivity index (χ2v) is 6.28. The molecule has 0 radical (unpaired) electrons. The van der Waals surface area contributed by atoms with Crippen molar-refractivity contribution < 1.29 is 33.8 Å². The van der Waals surface area contributed by atoms with Gasteiger partial charge in [-0.05, 0) is 55.5 Å². The van der Waals surface area contributed by atoms with E-state index < -0.39 is 30.4 Å². The van der Waals surface area contributed by atoms with Crippen LogP contribution in [0.4, 0.5) is 11.4 Å². The zero-order valence-corrected chi connectivity index (χ0v) is 16.1. The fourth-order valence-electron chi connectivity index (χ4n) is 2.33. The molecule has 0 saturated carbocycles. The molecule has 0 aromatic heterocycles. The summed E-state index contributed by atoms with van der Waals surface area (Å²) in [4.78, 5) is 57.2. The van der Waals surface area contributed by atoms with Crippen LogP contribution in [0, 0.1) is 0 Å². The Kier molecular flexibility index (Phi) is 7.81. The molecular formula is C21H20N2O7. The molecule has 2 rings (SSSR count). The number of Topliss-reactive ketones (excluding diaryl/α,β-unsaturated/α-hetero) is 1. The normalized spacial score (nSPS) is 10.0. The van der Waals surface area contributed by atoms with Crippen molar-refractivity contribution in [3.8, 4) is 0 Å². The largest absolute Gasteiger partial charge is 0.481 e. The van der Waals surface area contributed by atoms with Crippen molar-refractivity contribution in [1.82, 2.24) is 0 Å². The maximum absolute atomic E-state index is 12.0. The van der Waals surface area contributed by atoms with E-state index in [0.717, 1.165) is 0 Å². The number of carboxylic acid groups (broad SMARTS) is 1. The predicted molar refractivity (Wildman–Crippen MR) is 107 cm³/mol. The Morgan fingerprint density at radius 3 is 1.77 bits per heavy atom. The second-order valence-electron chi connectivity index (χ2n) is 6.28. The van der Waals surface area contributed by atoms with E-state index in [-0.39, 0.29) is 24.2 Å². The Balaban J connectivity index is 1.81. The summed E-state index contributed by atoms with van der Waals surface area (Å²) in [6, 6.07) is 12.0. The van der Waals surface area contributed by atoms with Crippen molar-refractivity contribution in [3.05, 3.63) is 59.7 Å². The molecule has 0 heterocycles. The van der Waals surface area contributed by atoms with Gasteiger partial charge >= 0.3 is 11.9 Å². The number of ether oxygens (including phenoxy) is 1. The van der Waals surface area contributed by atoms with Crippen molar-refractivity contribution in [2.24, 2.45) is 0 Å². The van der Waals surface area contributed by atoms with Gasteiger partial charge in [0.25, 0.3) is 5.91 Å². The number of esters is 1. The third-order valence-corrected chi connectivity index (χ3v) is 3.88. The number of ketones is 1. The van der Waals surface area contributed by atoms with Crippen molar-refractivity contribution in [1.29, 1.82) is 0 Å².